The highest BCUT2D eigenvalue weighted by Crippen LogP contribution is 2.47. The molecule has 71 heavy (non-hydrogen) atoms. The molecule has 6 N–H and O–H groups in total. The average molecular weight is 1030 g/mol. The van der Waals surface area contributed by atoms with Gasteiger partial charge in [-0.3, -0.25) is 18.6 Å². The highest BCUT2D eigenvalue weighted by molar-refractivity contribution is 7.47. The van der Waals surface area contributed by atoms with Crippen molar-refractivity contribution in [2.24, 2.45) is 0 Å². The van der Waals surface area contributed by atoms with Crippen molar-refractivity contribution in [3.05, 3.63) is 24.3 Å². The lowest BCUT2D eigenvalue weighted by atomic mass is 9.85. The summed E-state index contributed by atoms with van der Waals surface area (Å²) in [5.74, 6) is -1.09. The van der Waals surface area contributed by atoms with Gasteiger partial charge in [0.25, 0.3) is 0 Å². The first-order valence-electron chi connectivity index (χ1n) is 29.1. The summed E-state index contributed by atoms with van der Waals surface area (Å²) >= 11 is 0. The lowest BCUT2D eigenvalue weighted by molar-refractivity contribution is -0.220. The van der Waals surface area contributed by atoms with Crippen molar-refractivity contribution in [2.45, 2.75) is 313 Å². The third-order valence-corrected chi connectivity index (χ3v) is 14.8. The van der Waals surface area contributed by atoms with Crippen LogP contribution in [0.2, 0.25) is 0 Å². The molecule has 1 rings (SSSR count). The molecule has 14 heteroatoms. The van der Waals surface area contributed by atoms with Crippen LogP contribution in [0.5, 0.6) is 0 Å². The number of aliphatic hydroxyl groups excluding tert-OH is 5. The van der Waals surface area contributed by atoms with Gasteiger partial charge in [-0.1, -0.05) is 237 Å². The minimum Gasteiger partial charge on any atom is -0.462 e. The van der Waals surface area contributed by atoms with Crippen molar-refractivity contribution in [3.8, 4) is 0 Å². The summed E-state index contributed by atoms with van der Waals surface area (Å²) in [6.45, 7) is 3.35. The summed E-state index contributed by atoms with van der Waals surface area (Å²) in [6.07, 6.45) is 42.2. The molecule has 1 fully saturated rings. The van der Waals surface area contributed by atoms with E-state index < -0.39 is 75.7 Å². The summed E-state index contributed by atoms with van der Waals surface area (Å²) in [5.41, 5.74) is 0. The SMILES string of the molecule is CCCCCCC/C=C\C/C=C\CCCCCCCCCCCC(=O)OC(COC(=O)CCCCCCCCCCCCCCCCCCCCCCC)COP(=O)(O)OC1C(O)C(O)C(O)C(O)C1O. The van der Waals surface area contributed by atoms with Crippen molar-refractivity contribution in [3.63, 3.8) is 0 Å². The van der Waals surface area contributed by atoms with Crippen LogP contribution in [0, 0.1) is 0 Å². The van der Waals surface area contributed by atoms with E-state index in [1.807, 2.05) is 0 Å². The van der Waals surface area contributed by atoms with E-state index in [2.05, 4.69) is 38.2 Å². The smallest absolute Gasteiger partial charge is 0.462 e. The molecule has 0 radical (unpaired) electrons. The number of esters is 2. The van der Waals surface area contributed by atoms with Crippen LogP contribution in [0.4, 0.5) is 0 Å². The predicted molar refractivity (Wildman–Crippen MR) is 286 cm³/mol. The molecule has 6 atom stereocenters. The molecule has 0 amide bonds. The number of rotatable bonds is 50. The average Bonchev–Trinajstić information content (AvgIpc) is 3.35. The maximum atomic E-state index is 12.9. The van der Waals surface area contributed by atoms with Crippen LogP contribution < -0.4 is 0 Å². The first-order chi connectivity index (χ1) is 34.4. The predicted octanol–water partition coefficient (Wildman–Crippen LogP) is 13.5. The van der Waals surface area contributed by atoms with Crippen molar-refractivity contribution >= 4 is 19.8 Å². The molecule has 0 spiro atoms. The zero-order valence-corrected chi connectivity index (χ0v) is 45.9. The monoisotopic (exact) mass is 1030 g/mol. The van der Waals surface area contributed by atoms with Crippen molar-refractivity contribution in [1.29, 1.82) is 0 Å². The number of aliphatic hydroxyl groups is 5. The van der Waals surface area contributed by atoms with Crippen molar-refractivity contribution in [2.75, 3.05) is 13.2 Å². The summed E-state index contributed by atoms with van der Waals surface area (Å²) < 4.78 is 33.8. The standard InChI is InChI=1S/C57H107O13P/c1-3-5-7-9-11-13-15-17-19-21-23-25-27-29-31-33-35-37-39-41-43-45-50(58)67-47-49(48-68-71(65,66)70-57-55(63)53(61)52(60)54(62)56(57)64)69-51(59)46-44-42-40-38-36-34-32-30-28-26-24-22-20-18-16-14-12-10-8-6-4-2/h16,18,22,24,49,52-57,60-64H,3-15,17,19-21,23,25-48H2,1-2H3,(H,65,66)/b18-16-,24-22-. The van der Waals surface area contributed by atoms with Crippen LogP contribution in [-0.4, -0.2) is 98.3 Å². The van der Waals surface area contributed by atoms with E-state index in [1.165, 1.54) is 173 Å². The lowest BCUT2D eigenvalue weighted by Gasteiger charge is -2.41. The second kappa shape index (κ2) is 46.8. The van der Waals surface area contributed by atoms with Gasteiger partial charge in [-0.25, -0.2) is 4.57 Å². The molecule has 1 aliphatic carbocycles. The molecular formula is C57H107O13P. The first-order valence-corrected chi connectivity index (χ1v) is 30.6. The maximum Gasteiger partial charge on any atom is 0.472 e. The first kappa shape index (κ1) is 67.3. The molecule has 6 unspecified atom stereocenters. The van der Waals surface area contributed by atoms with Gasteiger partial charge in [0.15, 0.2) is 6.10 Å². The Labute approximate surface area is 432 Å². The van der Waals surface area contributed by atoms with E-state index in [9.17, 15) is 44.6 Å². The Kier molecular flexibility index (Phi) is 44.4. The molecule has 0 aromatic heterocycles. The Hall–Kier alpha value is -1.67. The largest absolute Gasteiger partial charge is 0.472 e. The van der Waals surface area contributed by atoms with Gasteiger partial charge in [-0.15, -0.1) is 0 Å². The van der Waals surface area contributed by atoms with Crippen LogP contribution in [0.15, 0.2) is 24.3 Å². The molecule has 13 nitrogen and oxygen atoms in total. The van der Waals surface area contributed by atoms with Gasteiger partial charge in [0.1, 0.15) is 43.2 Å². The summed E-state index contributed by atoms with van der Waals surface area (Å²) in [4.78, 5) is 36.0. The summed E-state index contributed by atoms with van der Waals surface area (Å²) in [5, 5.41) is 50.4. The van der Waals surface area contributed by atoms with E-state index >= 15 is 0 Å². The van der Waals surface area contributed by atoms with Gasteiger partial charge in [-0.2, -0.15) is 0 Å². The molecule has 0 bridgehead atoms. The van der Waals surface area contributed by atoms with Crippen LogP contribution in [-0.2, 0) is 32.7 Å². The van der Waals surface area contributed by atoms with Crippen molar-refractivity contribution in [1.82, 2.24) is 0 Å². The van der Waals surface area contributed by atoms with E-state index in [0.29, 0.717) is 12.8 Å². The Balaban J connectivity index is 2.33. The fraction of sp³-hybridized carbons (Fsp3) is 0.895. The van der Waals surface area contributed by atoms with Crippen LogP contribution in [0.1, 0.15) is 271 Å². The van der Waals surface area contributed by atoms with Crippen molar-refractivity contribution < 1.29 is 63.1 Å². The molecule has 0 aromatic rings. The third kappa shape index (κ3) is 38.5. The molecule has 0 heterocycles. The van der Waals surface area contributed by atoms with E-state index in [1.54, 1.807) is 0 Å². The number of ether oxygens (including phenoxy) is 2. The van der Waals surface area contributed by atoms with Crippen LogP contribution in [0.3, 0.4) is 0 Å². The summed E-state index contributed by atoms with van der Waals surface area (Å²) in [6, 6.07) is 0. The Morgan fingerprint density at radius 3 is 1.14 bits per heavy atom. The van der Waals surface area contributed by atoms with Gasteiger partial charge in [0.2, 0.25) is 0 Å². The number of carbonyl (C=O) groups excluding carboxylic acids is 2. The zero-order valence-electron chi connectivity index (χ0n) is 45.0. The third-order valence-electron chi connectivity index (χ3n) is 13.8. The summed E-state index contributed by atoms with van der Waals surface area (Å²) in [7, 11) is -5.12. The Morgan fingerprint density at radius 1 is 0.437 bits per heavy atom. The number of allylic oxidation sites excluding steroid dienone is 4. The Morgan fingerprint density at radius 2 is 0.761 bits per heavy atom. The minimum atomic E-state index is -5.12. The quantitative estimate of drug-likeness (QED) is 0.0145. The molecular weight excluding hydrogens is 924 g/mol. The van der Waals surface area contributed by atoms with Gasteiger partial charge in [0.05, 0.1) is 6.61 Å². The number of carbonyl (C=O) groups is 2. The number of phosphoric acid groups is 1. The maximum absolute atomic E-state index is 12.9. The second-order valence-electron chi connectivity index (χ2n) is 20.5. The Bertz CT molecular complexity index is 1330. The molecule has 0 aliphatic heterocycles. The normalized spacial score (nSPS) is 20.7. The van der Waals surface area contributed by atoms with Gasteiger partial charge < -0.3 is 39.9 Å². The molecule has 0 saturated heterocycles. The van der Waals surface area contributed by atoms with Gasteiger partial charge in [-0.05, 0) is 44.9 Å². The highest BCUT2D eigenvalue weighted by Gasteiger charge is 2.51. The number of hydrogen-bond donors (Lipinski definition) is 6. The fourth-order valence-corrected chi connectivity index (χ4v) is 10.1. The van der Waals surface area contributed by atoms with Crippen LogP contribution >= 0.6 is 7.82 Å². The minimum absolute atomic E-state index is 0.0953. The number of phosphoric ester groups is 1. The zero-order chi connectivity index (χ0) is 52.1. The fourth-order valence-electron chi connectivity index (χ4n) is 9.14. The lowest BCUT2D eigenvalue weighted by Crippen LogP contribution is -2.64. The van der Waals surface area contributed by atoms with Gasteiger partial charge >= 0.3 is 19.8 Å². The van der Waals surface area contributed by atoms with E-state index in [-0.39, 0.29) is 12.8 Å². The molecule has 1 aliphatic rings. The highest BCUT2D eigenvalue weighted by atomic mass is 31.2. The second-order valence-corrected chi connectivity index (χ2v) is 21.9. The molecule has 1 saturated carbocycles. The topological polar surface area (TPSA) is 210 Å². The molecule has 418 valence electrons. The van der Waals surface area contributed by atoms with E-state index in [0.717, 1.165) is 57.8 Å². The molecule has 0 aromatic carbocycles. The van der Waals surface area contributed by atoms with Crippen LogP contribution in [0.25, 0.3) is 0 Å². The number of unbranched alkanes of at least 4 members (excludes halogenated alkanes) is 34. The van der Waals surface area contributed by atoms with Gasteiger partial charge in [0, 0.05) is 12.8 Å². The van der Waals surface area contributed by atoms with E-state index in [4.69, 9.17) is 18.5 Å². The number of hydrogen-bond acceptors (Lipinski definition) is 12.